The summed E-state index contributed by atoms with van der Waals surface area (Å²) in [6, 6.07) is 39.8. The van der Waals surface area contributed by atoms with Crippen LogP contribution in [0.15, 0.2) is 115 Å². The van der Waals surface area contributed by atoms with Crippen molar-refractivity contribution in [1.82, 2.24) is 19.9 Å². The zero-order valence-electron chi connectivity index (χ0n) is 30.3. The molecule has 0 aliphatic carbocycles. The quantitative estimate of drug-likeness (QED) is 0.161. The highest BCUT2D eigenvalue weighted by atomic mass is 14.8. The van der Waals surface area contributed by atoms with Gasteiger partial charge in [0.25, 0.3) is 0 Å². The van der Waals surface area contributed by atoms with Gasteiger partial charge in [-0.1, -0.05) is 103 Å². The van der Waals surface area contributed by atoms with Crippen molar-refractivity contribution < 1.29 is 0 Å². The highest BCUT2D eigenvalue weighted by molar-refractivity contribution is 6.02. The van der Waals surface area contributed by atoms with Gasteiger partial charge in [0, 0.05) is 27.9 Å². The third kappa shape index (κ3) is 5.40. The van der Waals surface area contributed by atoms with E-state index in [-0.39, 0.29) is 0 Å². The van der Waals surface area contributed by atoms with E-state index in [1.807, 2.05) is 12.1 Å². The Labute approximate surface area is 309 Å². The van der Waals surface area contributed by atoms with Gasteiger partial charge in [-0.3, -0.25) is 0 Å². The molecule has 0 amide bonds. The van der Waals surface area contributed by atoms with Crippen molar-refractivity contribution in [2.45, 2.75) is 27.7 Å². The van der Waals surface area contributed by atoms with Crippen LogP contribution in [0.1, 0.15) is 45.0 Å². The van der Waals surface area contributed by atoms with Gasteiger partial charge in [-0.15, -0.1) is 0 Å². The number of nitrogens with two attached hydrogens (primary N) is 1. The molecule has 53 heavy (non-hydrogen) atoms. The van der Waals surface area contributed by atoms with E-state index in [9.17, 15) is 0 Å². The van der Waals surface area contributed by atoms with Crippen LogP contribution >= 0.6 is 0 Å². The Kier molecular flexibility index (Phi) is 7.78. The molecule has 2 aliphatic rings. The first-order chi connectivity index (χ1) is 25.9. The summed E-state index contributed by atoms with van der Waals surface area (Å²) in [4.78, 5) is 18.9. The zero-order valence-corrected chi connectivity index (χ0v) is 30.3. The lowest BCUT2D eigenvalue weighted by Crippen LogP contribution is -1.90. The van der Waals surface area contributed by atoms with Crippen LogP contribution in [0.5, 0.6) is 0 Å². The second-order valence-corrected chi connectivity index (χ2v) is 13.9. The first kappa shape index (κ1) is 32.2. The molecule has 0 atom stereocenters. The number of rotatable bonds is 4. The summed E-state index contributed by atoms with van der Waals surface area (Å²) in [6.07, 6.45) is 8.63. The van der Waals surface area contributed by atoms with Gasteiger partial charge in [0.05, 0.1) is 44.8 Å². The Bertz CT molecular complexity index is 2750. The maximum atomic E-state index is 6.22. The normalized spacial score (nSPS) is 12.1. The van der Waals surface area contributed by atoms with Gasteiger partial charge in [0.1, 0.15) is 0 Å². The molecule has 3 aromatic heterocycles. The van der Waals surface area contributed by atoms with Crippen LogP contribution in [-0.2, 0) is 0 Å². The molecular formula is C48H39N5. The number of benzene rings is 4. The Morgan fingerprint density at radius 3 is 0.906 bits per heavy atom. The molecule has 5 heterocycles. The van der Waals surface area contributed by atoms with Crippen molar-refractivity contribution in [3.63, 3.8) is 0 Å². The van der Waals surface area contributed by atoms with Gasteiger partial charge in [-0.05, 0) is 109 Å². The van der Waals surface area contributed by atoms with Crippen molar-refractivity contribution in [1.29, 1.82) is 0 Å². The molecule has 7 aromatic rings. The summed E-state index contributed by atoms with van der Waals surface area (Å²) in [5, 5.41) is 0. The molecule has 9 rings (SSSR count). The van der Waals surface area contributed by atoms with Crippen molar-refractivity contribution in [2.75, 3.05) is 5.73 Å². The van der Waals surface area contributed by atoms with E-state index in [0.29, 0.717) is 0 Å². The van der Waals surface area contributed by atoms with E-state index in [0.717, 1.165) is 106 Å². The summed E-state index contributed by atoms with van der Waals surface area (Å²) in [5.41, 5.74) is 27.9. The molecule has 0 fully saturated rings. The van der Waals surface area contributed by atoms with Crippen molar-refractivity contribution in [3.05, 3.63) is 160 Å². The average Bonchev–Trinajstić information content (AvgIpc) is 3.98. The molecule has 0 radical (unpaired) electrons. The molecule has 0 saturated carbocycles. The number of hydrogen-bond donors (Lipinski definition) is 3. The van der Waals surface area contributed by atoms with Crippen LogP contribution in [-0.4, -0.2) is 19.9 Å². The minimum Gasteiger partial charge on any atom is -0.399 e. The Balaban J connectivity index is 1.56. The van der Waals surface area contributed by atoms with Crippen LogP contribution in [0.2, 0.25) is 0 Å². The van der Waals surface area contributed by atoms with Crippen LogP contribution in [0.3, 0.4) is 0 Å². The molecule has 5 nitrogen and oxygen atoms in total. The Hall–Kier alpha value is -6.72. The average molecular weight is 686 g/mol. The number of anilines is 1. The molecule has 4 aromatic carbocycles. The summed E-state index contributed by atoms with van der Waals surface area (Å²) in [6.45, 7) is 8.81. The molecule has 8 bridgehead atoms. The first-order valence-electron chi connectivity index (χ1n) is 18.1. The molecule has 0 unspecified atom stereocenters. The third-order valence-corrected chi connectivity index (χ3v) is 10.8. The van der Waals surface area contributed by atoms with E-state index in [2.05, 4.69) is 165 Å². The summed E-state index contributed by atoms with van der Waals surface area (Å²) < 4.78 is 0. The number of nitrogens with one attached hydrogen (secondary N) is 2. The fourth-order valence-electron chi connectivity index (χ4n) is 7.80. The third-order valence-electron chi connectivity index (χ3n) is 10.8. The topological polar surface area (TPSA) is 83.4 Å². The standard InChI is InChI=1S/C48H39N5/c1-28-29(2)46-43(34-18-12-7-13-19-34)39-26-27-40(51-39)44(35-20-22-36(49)23-21-35)48-31(4)30(3)47(53-48)42(33-16-10-6-11-17-33)38-25-24-37(50-38)41(45(28)52-46)32-14-8-5-9-15-32/h5-27,52-53H,49H2,1-4H3. The van der Waals surface area contributed by atoms with Gasteiger partial charge in [-0.2, -0.15) is 0 Å². The van der Waals surface area contributed by atoms with Gasteiger partial charge in [-0.25, -0.2) is 9.97 Å². The van der Waals surface area contributed by atoms with E-state index in [4.69, 9.17) is 15.7 Å². The number of hydrogen-bond acceptors (Lipinski definition) is 3. The van der Waals surface area contributed by atoms with Crippen LogP contribution < -0.4 is 5.73 Å². The van der Waals surface area contributed by atoms with Crippen LogP contribution in [0.25, 0.3) is 90.9 Å². The smallest absolute Gasteiger partial charge is 0.0737 e. The maximum Gasteiger partial charge on any atom is 0.0737 e. The number of nitrogens with zero attached hydrogens (tertiary/aromatic N) is 2. The molecule has 0 saturated heterocycles. The minimum atomic E-state index is 0.719. The van der Waals surface area contributed by atoms with E-state index >= 15 is 0 Å². The fraction of sp³-hybridized carbons (Fsp3) is 0.0833. The van der Waals surface area contributed by atoms with Gasteiger partial charge < -0.3 is 15.7 Å². The molecule has 256 valence electrons. The van der Waals surface area contributed by atoms with Crippen LogP contribution in [0, 0.1) is 27.7 Å². The van der Waals surface area contributed by atoms with Crippen LogP contribution in [0.4, 0.5) is 5.69 Å². The van der Waals surface area contributed by atoms with Gasteiger partial charge in [0.15, 0.2) is 0 Å². The monoisotopic (exact) mass is 685 g/mol. The highest BCUT2D eigenvalue weighted by Gasteiger charge is 2.22. The molecule has 0 spiro atoms. The van der Waals surface area contributed by atoms with Crippen molar-refractivity contribution >= 4 is 52.1 Å². The summed E-state index contributed by atoms with van der Waals surface area (Å²) in [5.74, 6) is 0. The highest BCUT2D eigenvalue weighted by Crippen LogP contribution is 2.41. The summed E-state index contributed by atoms with van der Waals surface area (Å²) >= 11 is 0. The van der Waals surface area contributed by atoms with Gasteiger partial charge >= 0.3 is 0 Å². The Morgan fingerprint density at radius 2 is 0.623 bits per heavy atom. The molecule has 5 heteroatoms. The van der Waals surface area contributed by atoms with Gasteiger partial charge in [0.2, 0.25) is 0 Å². The number of aromatic nitrogens is 4. The van der Waals surface area contributed by atoms with E-state index < -0.39 is 0 Å². The molecule has 2 aliphatic heterocycles. The second kappa shape index (κ2) is 12.8. The Morgan fingerprint density at radius 1 is 0.358 bits per heavy atom. The number of H-pyrrole nitrogens is 2. The maximum absolute atomic E-state index is 6.22. The SMILES string of the molecule is Cc1c(C)c2[nH]c1c(-c1ccccc1)c1nc(c(-c3ccccc3)c3[nH]c(c(C)c3C)c(-c3ccc(N)cc3)c3nc(c2-c2ccccc2)C=C3)C=C1. The lowest BCUT2D eigenvalue weighted by molar-refractivity contribution is 1.31. The minimum absolute atomic E-state index is 0.719. The number of nitrogen functional groups attached to an aromatic ring is 1. The number of fused-ring (bicyclic) bond motifs is 8. The predicted molar refractivity (Wildman–Crippen MR) is 224 cm³/mol. The number of aryl methyl sites for hydroxylation is 4. The molecular weight excluding hydrogens is 647 g/mol. The lowest BCUT2D eigenvalue weighted by atomic mass is 9.99. The lowest BCUT2D eigenvalue weighted by Gasteiger charge is -2.07. The zero-order chi connectivity index (χ0) is 36.2. The number of aromatic amines is 2. The van der Waals surface area contributed by atoms with Crippen molar-refractivity contribution in [3.8, 4) is 44.5 Å². The first-order valence-corrected chi connectivity index (χ1v) is 18.1. The molecule has 4 N–H and O–H groups in total. The predicted octanol–water partition coefficient (Wildman–Crippen LogP) is 12.1. The van der Waals surface area contributed by atoms with E-state index in [1.54, 1.807) is 0 Å². The summed E-state index contributed by atoms with van der Waals surface area (Å²) in [7, 11) is 0. The van der Waals surface area contributed by atoms with E-state index in [1.165, 1.54) is 11.1 Å². The fourth-order valence-corrected chi connectivity index (χ4v) is 7.80. The van der Waals surface area contributed by atoms with Crippen molar-refractivity contribution in [2.24, 2.45) is 0 Å². The second-order valence-electron chi connectivity index (χ2n) is 13.9. The largest absolute Gasteiger partial charge is 0.399 e.